The molecule has 1 aromatic heterocycles. The Hall–Kier alpha value is -2.86. The number of nitrogens with zero attached hydrogens (tertiary/aromatic N) is 3. The number of imidazole rings is 1. The third kappa shape index (κ3) is 4.65. The average Bonchev–Trinajstić information content (AvgIpc) is 3.52. The summed E-state index contributed by atoms with van der Waals surface area (Å²) in [4.78, 5) is 18.8. The van der Waals surface area contributed by atoms with Gasteiger partial charge in [0.1, 0.15) is 12.4 Å². The fraction of sp³-hybridized carbons (Fsp3) is 0.462. The van der Waals surface area contributed by atoms with Crippen molar-refractivity contribution in [3.63, 3.8) is 0 Å². The lowest BCUT2D eigenvalue weighted by atomic mass is 9.95. The number of hydrogen-bond acceptors (Lipinski definition) is 5. The van der Waals surface area contributed by atoms with Crippen LogP contribution in [0.5, 0.6) is 5.75 Å². The zero-order chi connectivity index (χ0) is 22.7. The molecule has 0 spiro atoms. The van der Waals surface area contributed by atoms with Gasteiger partial charge in [0.2, 0.25) is 0 Å². The molecule has 0 N–H and O–H groups in total. The van der Waals surface area contributed by atoms with Gasteiger partial charge >= 0.3 is 5.97 Å². The van der Waals surface area contributed by atoms with Crippen molar-refractivity contribution in [2.24, 2.45) is 5.41 Å². The largest absolute Gasteiger partial charge is 0.492 e. The number of carbonyl (C=O) groups excluding carboxylic acids is 1. The van der Waals surface area contributed by atoms with E-state index >= 15 is 0 Å². The molecule has 0 aliphatic carbocycles. The van der Waals surface area contributed by atoms with Crippen molar-refractivity contribution in [1.82, 2.24) is 14.5 Å². The van der Waals surface area contributed by atoms with Gasteiger partial charge in [-0.3, -0.25) is 9.69 Å². The van der Waals surface area contributed by atoms with E-state index in [2.05, 4.69) is 51.8 Å². The molecule has 4 rings (SSSR count). The number of benzene rings is 2. The lowest BCUT2D eigenvalue weighted by Gasteiger charge is -2.33. The molecule has 1 saturated heterocycles. The van der Waals surface area contributed by atoms with Gasteiger partial charge in [-0.25, -0.2) is 4.98 Å². The number of rotatable bonds is 8. The van der Waals surface area contributed by atoms with Gasteiger partial charge in [-0.2, -0.15) is 0 Å². The lowest BCUT2D eigenvalue weighted by molar-refractivity contribution is -0.152. The van der Waals surface area contributed by atoms with Crippen LogP contribution < -0.4 is 4.74 Å². The van der Waals surface area contributed by atoms with E-state index in [-0.39, 0.29) is 18.6 Å². The summed E-state index contributed by atoms with van der Waals surface area (Å²) in [7, 11) is 1.40. The molecule has 1 fully saturated rings. The maximum absolute atomic E-state index is 11.9. The van der Waals surface area contributed by atoms with E-state index < -0.39 is 5.41 Å². The first-order valence-electron chi connectivity index (χ1n) is 11.4. The van der Waals surface area contributed by atoms with Gasteiger partial charge in [0.05, 0.1) is 24.9 Å². The molecule has 6 heteroatoms. The van der Waals surface area contributed by atoms with Crippen LogP contribution >= 0.6 is 0 Å². The lowest BCUT2D eigenvalue weighted by Crippen LogP contribution is -2.38. The molecule has 0 bridgehead atoms. The standard InChI is InChI=1S/C26H33N3O3/c1-19(28-12-5-6-13-28)24(29-14-11-27-18-29)22-8-7-21-16-23(10-9-20(21)15-22)32-17-26(2,3)25(30)31-4/h7-11,14-16,18-19,24H,5-6,12-13,17H2,1-4H3. The maximum atomic E-state index is 11.9. The summed E-state index contributed by atoms with van der Waals surface area (Å²) in [5, 5.41) is 2.28. The Morgan fingerprint density at radius 1 is 1.12 bits per heavy atom. The summed E-state index contributed by atoms with van der Waals surface area (Å²) in [6.07, 6.45) is 8.37. The molecule has 32 heavy (non-hydrogen) atoms. The number of likely N-dealkylation sites (tertiary alicyclic amines) is 1. The second kappa shape index (κ2) is 9.33. The maximum Gasteiger partial charge on any atom is 0.314 e. The minimum absolute atomic E-state index is 0.205. The summed E-state index contributed by atoms with van der Waals surface area (Å²) < 4.78 is 13.0. The number of fused-ring (bicyclic) bond motifs is 1. The van der Waals surface area contributed by atoms with Crippen LogP contribution in [-0.4, -0.2) is 53.3 Å². The van der Waals surface area contributed by atoms with Crippen LogP contribution in [0.15, 0.2) is 55.1 Å². The van der Waals surface area contributed by atoms with E-state index in [0.717, 1.165) is 24.2 Å². The predicted molar refractivity (Wildman–Crippen MR) is 126 cm³/mol. The molecule has 2 heterocycles. The number of methoxy groups -OCH3 is 1. The molecule has 1 aliphatic rings. The molecule has 2 aromatic carbocycles. The van der Waals surface area contributed by atoms with Gasteiger partial charge in [0.25, 0.3) is 0 Å². The smallest absolute Gasteiger partial charge is 0.314 e. The van der Waals surface area contributed by atoms with Crippen LogP contribution in [0.25, 0.3) is 10.8 Å². The highest BCUT2D eigenvalue weighted by Crippen LogP contribution is 2.31. The molecule has 0 saturated carbocycles. The van der Waals surface area contributed by atoms with Crippen molar-refractivity contribution in [1.29, 1.82) is 0 Å². The SMILES string of the molecule is COC(=O)C(C)(C)COc1ccc2cc(C(C(C)N3CCCC3)n3ccnc3)ccc2c1. The molecule has 170 valence electrons. The van der Waals surface area contributed by atoms with E-state index in [1.54, 1.807) is 0 Å². The first-order valence-corrected chi connectivity index (χ1v) is 11.4. The van der Waals surface area contributed by atoms with Crippen molar-refractivity contribution in [3.05, 3.63) is 60.7 Å². The fourth-order valence-corrected chi connectivity index (χ4v) is 4.60. The van der Waals surface area contributed by atoms with Gasteiger partial charge in [-0.15, -0.1) is 0 Å². The molecule has 6 nitrogen and oxygen atoms in total. The quantitative estimate of drug-likeness (QED) is 0.481. The van der Waals surface area contributed by atoms with Crippen molar-refractivity contribution >= 4 is 16.7 Å². The van der Waals surface area contributed by atoms with E-state index in [9.17, 15) is 4.79 Å². The summed E-state index contributed by atoms with van der Waals surface area (Å²) in [5.41, 5.74) is 0.576. The van der Waals surface area contributed by atoms with Crippen LogP contribution in [0.2, 0.25) is 0 Å². The second-order valence-corrected chi connectivity index (χ2v) is 9.37. The average molecular weight is 436 g/mol. The zero-order valence-corrected chi connectivity index (χ0v) is 19.5. The van der Waals surface area contributed by atoms with Gasteiger partial charge in [0, 0.05) is 18.4 Å². The van der Waals surface area contributed by atoms with Crippen LogP contribution in [0.3, 0.4) is 0 Å². The molecule has 2 unspecified atom stereocenters. The predicted octanol–water partition coefficient (Wildman–Crippen LogP) is 4.69. The zero-order valence-electron chi connectivity index (χ0n) is 19.5. The second-order valence-electron chi connectivity index (χ2n) is 9.37. The van der Waals surface area contributed by atoms with E-state index in [0.29, 0.717) is 6.04 Å². The molecule has 2 atom stereocenters. The Kier molecular flexibility index (Phi) is 6.51. The number of aromatic nitrogens is 2. The van der Waals surface area contributed by atoms with E-state index in [1.807, 2.05) is 38.5 Å². The minimum Gasteiger partial charge on any atom is -0.492 e. The Bertz CT molecular complexity index is 1060. The molecule has 1 aliphatic heterocycles. The van der Waals surface area contributed by atoms with Crippen molar-refractivity contribution < 1.29 is 14.3 Å². The van der Waals surface area contributed by atoms with E-state index in [1.165, 1.54) is 30.9 Å². The summed E-state index contributed by atoms with van der Waals surface area (Å²) in [6, 6.07) is 13.3. The monoisotopic (exact) mass is 435 g/mol. The summed E-state index contributed by atoms with van der Waals surface area (Å²) in [5.74, 6) is 0.472. The fourth-order valence-electron chi connectivity index (χ4n) is 4.60. The number of carbonyl (C=O) groups is 1. The number of hydrogen-bond donors (Lipinski definition) is 0. The molecular weight excluding hydrogens is 402 g/mol. The van der Waals surface area contributed by atoms with Crippen LogP contribution in [0.4, 0.5) is 0 Å². The van der Waals surface area contributed by atoms with Gasteiger partial charge in [0.15, 0.2) is 0 Å². The molecule has 0 radical (unpaired) electrons. The molecular formula is C26H33N3O3. The third-order valence-electron chi connectivity index (χ3n) is 6.53. The first-order chi connectivity index (χ1) is 15.4. The van der Waals surface area contributed by atoms with Gasteiger partial charge in [-0.1, -0.05) is 18.2 Å². The Morgan fingerprint density at radius 3 is 2.53 bits per heavy atom. The minimum atomic E-state index is -0.697. The first kappa shape index (κ1) is 22.3. The van der Waals surface area contributed by atoms with Crippen LogP contribution in [-0.2, 0) is 9.53 Å². The van der Waals surface area contributed by atoms with Crippen molar-refractivity contribution in [2.75, 3.05) is 26.8 Å². The Morgan fingerprint density at radius 2 is 1.84 bits per heavy atom. The molecule has 3 aromatic rings. The number of ether oxygens (including phenoxy) is 2. The highest BCUT2D eigenvalue weighted by atomic mass is 16.5. The van der Waals surface area contributed by atoms with Crippen LogP contribution in [0.1, 0.15) is 45.2 Å². The van der Waals surface area contributed by atoms with Crippen molar-refractivity contribution in [3.8, 4) is 5.75 Å². The van der Waals surface area contributed by atoms with Gasteiger partial charge < -0.3 is 14.0 Å². The van der Waals surface area contributed by atoms with Crippen LogP contribution in [0, 0.1) is 5.41 Å². The Balaban J connectivity index is 1.58. The van der Waals surface area contributed by atoms with Crippen molar-refractivity contribution in [2.45, 2.75) is 45.7 Å². The van der Waals surface area contributed by atoms with Gasteiger partial charge in [-0.05, 0) is 81.2 Å². The highest BCUT2D eigenvalue weighted by molar-refractivity contribution is 5.84. The highest BCUT2D eigenvalue weighted by Gasteiger charge is 2.30. The topological polar surface area (TPSA) is 56.6 Å². The van der Waals surface area contributed by atoms with E-state index in [4.69, 9.17) is 9.47 Å². The Labute approximate surface area is 190 Å². The third-order valence-corrected chi connectivity index (χ3v) is 6.53. The summed E-state index contributed by atoms with van der Waals surface area (Å²) in [6.45, 7) is 8.54. The molecule has 0 amide bonds. The number of esters is 1. The normalized spacial score (nSPS) is 16.8. The summed E-state index contributed by atoms with van der Waals surface area (Å²) >= 11 is 0.